The van der Waals surface area contributed by atoms with Crippen LogP contribution in [0.2, 0.25) is 0 Å². The first-order valence-electron chi connectivity index (χ1n) is 4.44. The van der Waals surface area contributed by atoms with E-state index in [9.17, 15) is 0 Å². The molecule has 0 saturated carbocycles. The fourth-order valence-corrected chi connectivity index (χ4v) is 2.54. The average molecular weight is 199 g/mol. The van der Waals surface area contributed by atoms with E-state index in [0.717, 1.165) is 18.1 Å². The zero-order chi connectivity index (χ0) is 9.26. The van der Waals surface area contributed by atoms with E-state index < -0.39 is 0 Å². The molecular formula is C8H13N3OS. The fourth-order valence-electron chi connectivity index (χ4n) is 1.32. The molecule has 0 aromatic carbocycles. The molecule has 0 spiro atoms. The Kier molecular flexibility index (Phi) is 2.55. The van der Waals surface area contributed by atoms with Crippen LogP contribution in [0.1, 0.15) is 37.1 Å². The van der Waals surface area contributed by atoms with Crippen LogP contribution in [0.5, 0.6) is 0 Å². The Balaban J connectivity index is 2.12. The molecule has 1 saturated heterocycles. The molecule has 1 aliphatic heterocycles. The van der Waals surface area contributed by atoms with Crippen molar-refractivity contribution in [1.29, 1.82) is 0 Å². The van der Waals surface area contributed by atoms with Crippen LogP contribution in [0, 0.1) is 0 Å². The number of nitrogens with zero attached hydrogens (tertiary/aromatic N) is 2. The Morgan fingerprint density at radius 1 is 1.62 bits per heavy atom. The quantitative estimate of drug-likeness (QED) is 0.778. The van der Waals surface area contributed by atoms with Crippen LogP contribution >= 0.6 is 11.8 Å². The second-order valence-electron chi connectivity index (χ2n) is 3.33. The maximum Gasteiger partial charge on any atom is 0.232 e. The lowest BCUT2D eigenvalue weighted by molar-refractivity contribution is 0.407. The van der Waals surface area contributed by atoms with Crippen LogP contribution in [0.3, 0.4) is 0 Å². The van der Waals surface area contributed by atoms with Crippen molar-refractivity contribution in [2.75, 3.05) is 11.5 Å². The summed E-state index contributed by atoms with van der Waals surface area (Å²) in [4.78, 5) is 0. The minimum atomic E-state index is -0.157. The van der Waals surface area contributed by atoms with Gasteiger partial charge in [0.2, 0.25) is 11.8 Å². The fraction of sp³-hybridized carbons (Fsp3) is 0.750. The Morgan fingerprint density at radius 3 is 3.00 bits per heavy atom. The highest BCUT2D eigenvalue weighted by Crippen LogP contribution is 2.31. The van der Waals surface area contributed by atoms with Crippen molar-refractivity contribution in [3.8, 4) is 0 Å². The molecule has 2 N–H and O–H groups in total. The second kappa shape index (κ2) is 3.67. The van der Waals surface area contributed by atoms with Crippen LogP contribution in [-0.4, -0.2) is 21.7 Å². The van der Waals surface area contributed by atoms with Gasteiger partial charge in [0.1, 0.15) is 0 Å². The number of thioether (sulfide) groups is 1. The normalized spacial score (nSPS) is 24.9. The zero-order valence-electron chi connectivity index (χ0n) is 7.56. The lowest BCUT2D eigenvalue weighted by Crippen LogP contribution is -2.04. The van der Waals surface area contributed by atoms with Crippen molar-refractivity contribution in [3.05, 3.63) is 11.8 Å². The van der Waals surface area contributed by atoms with E-state index in [-0.39, 0.29) is 6.04 Å². The number of aromatic nitrogens is 2. The molecule has 2 rings (SSSR count). The van der Waals surface area contributed by atoms with Gasteiger partial charge in [-0.2, -0.15) is 11.8 Å². The van der Waals surface area contributed by atoms with Crippen molar-refractivity contribution < 1.29 is 4.42 Å². The van der Waals surface area contributed by atoms with Gasteiger partial charge in [-0.1, -0.05) is 0 Å². The second-order valence-corrected chi connectivity index (χ2v) is 4.48. The highest BCUT2D eigenvalue weighted by molar-refractivity contribution is 7.99. The van der Waals surface area contributed by atoms with Gasteiger partial charge < -0.3 is 10.2 Å². The minimum absolute atomic E-state index is 0.157. The first-order valence-corrected chi connectivity index (χ1v) is 5.59. The molecule has 0 aliphatic carbocycles. The molecule has 0 amide bonds. The largest absolute Gasteiger partial charge is 0.423 e. The van der Waals surface area contributed by atoms with Crippen LogP contribution in [0.15, 0.2) is 4.42 Å². The molecule has 1 aromatic heterocycles. The van der Waals surface area contributed by atoms with E-state index in [4.69, 9.17) is 10.2 Å². The molecule has 1 fully saturated rings. The monoisotopic (exact) mass is 199 g/mol. The van der Waals surface area contributed by atoms with E-state index in [0.29, 0.717) is 11.8 Å². The van der Waals surface area contributed by atoms with E-state index in [1.165, 1.54) is 5.75 Å². The predicted octanol–water partition coefficient (Wildman–Crippen LogP) is 1.31. The van der Waals surface area contributed by atoms with Crippen LogP contribution in [0.25, 0.3) is 0 Å². The SMILES string of the molecule is CC(N)c1nnc(C2CCSC2)o1. The maximum absolute atomic E-state index is 5.62. The molecule has 0 radical (unpaired) electrons. The molecule has 2 unspecified atom stereocenters. The third kappa shape index (κ3) is 1.86. The summed E-state index contributed by atoms with van der Waals surface area (Å²) in [6, 6.07) is -0.157. The summed E-state index contributed by atoms with van der Waals surface area (Å²) in [6.07, 6.45) is 1.14. The lowest BCUT2D eigenvalue weighted by atomic mass is 10.1. The Hall–Kier alpha value is -0.550. The topological polar surface area (TPSA) is 64.9 Å². The Labute approximate surface area is 81.3 Å². The van der Waals surface area contributed by atoms with Gasteiger partial charge in [-0.05, 0) is 19.1 Å². The summed E-state index contributed by atoms with van der Waals surface area (Å²) < 4.78 is 5.47. The van der Waals surface area contributed by atoms with Crippen molar-refractivity contribution in [3.63, 3.8) is 0 Å². The molecular weight excluding hydrogens is 186 g/mol. The van der Waals surface area contributed by atoms with Gasteiger partial charge in [0, 0.05) is 11.7 Å². The van der Waals surface area contributed by atoms with Crippen LogP contribution < -0.4 is 5.73 Å². The van der Waals surface area contributed by atoms with E-state index in [1.807, 2.05) is 18.7 Å². The van der Waals surface area contributed by atoms with Gasteiger partial charge in [0.05, 0.1) is 6.04 Å². The van der Waals surface area contributed by atoms with Crippen LogP contribution in [0.4, 0.5) is 0 Å². The van der Waals surface area contributed by atoms with Gasteiger partial charge in [0.25, 0.3) is 0 Å². The Bertz CT molecular complexity index is 281. The smallest absolute Gasteiger partial charge is 0.232 e. The summed E-state index contributed by atoms with van der Waals surface area (Å²) in [5.41, 5.74) is 5.62. The first kappa shape index (κ1) is 9.02. The first-order chi connectivity index (χ1) is 6.27. The molecule has 4 nitrogen and oxygen atoms in total. The number of nitrogens with two attached hydrogens (primary N) is 1. The summed E-state index contributed by atoms with van der Waals surface area (Å²) in [5, 5.41) is 7.92. The van der Waals surface area contributed by atoms with Gasteiger partial charge >= 0.3 is 0 Å². The van der Waals surface area contributed by atoms with Crippen molar-refractivity contribution in [2.45, 2.75) is 25.3 Å². The summed E-state index contributed by atoms with van der Waals surface area (Å²) in [7, 11) is 0. The minimum Gasteiger partial charge on any atom is -0.423 e. The summed E-state index contributed by atoms with van der Waals surface area (Å²) in [5.74, 6) is 4.05. The highest BCUT2D eigenvalue weighted by atomic mass is 32.2. The molecule has 2 atom stereocenters. The number of hydrogen-bond acceptors (Lipinski definition) is 5. The van der Waals surface area contributed by atoms with Crippen molar-refractivity contribution in [2.24, 2.45) is 5.73 Å². The predicted molar refractivity (Wildman–Crippen MR) is 51.6 cm³/mol. The van der Waals surface area contributed by atoms with Crippen molar-refractivity contribution in [1.82, 2.24) is 10.2 Å². The van der Waals surface area contributed by atoms with Gasteiger partial charge in [-0.15, -0.1) is 10.2 Å². The third-order valence-corrected chi connectivity index (χ3v) is 3.29. The molecule has 0 bridgehead atoms. The number of hydrogen-bond donors (Lipinski definition) is 1. The van der Waals surface area contributed by atoms with Crippen molar-refractivity contribution >= 4 is 11.8 Å². The molecule has 13 heavy (non-hydrogen) atoms. The third-order valence-electron chi connectivity index (χ3n) is 2.12. The van der Waals surface area contributed by atoms with Crippen LogP contribution in [-0.2, 0) is 0 Å². The van der Waals surface area contributed by atoms with Gasteiger partial charge in [-0.25, -0.2) is 0 Å². The molecule has 2 heterocycles. The molecule has 5 heteroatoms. The summed E-state index contributed by atoms with van der Waals surface area (Å²) >= 11 is 1.94. The van der Waals surface area contributed by atoms with E-state index in [2.05, 4.69) is 10.2 Å². The highest BCUT2D eigenvalue weighted by Gasteiger charge is 2.23. The Morgan fingerprint density at radius 2 is 2.46 bits per heavy atom. The average Bonchev–Trinajstić information content (AvgIpc) is 2.75. The number of rotatable bonds is 2. The summed E-state index contributed by atoms with van der Waals surface area (Å²) in [6.45, 7) is 1.85. The molecule has 72 valence electrons. The molecule has 1 aromatic rings. The van der Waals surface area contributed by atoms with Gasteiger partial charge in [0.15, 0.2) is 0 Å². The molecule has 1 aliphatic rings. The lowest BCUT2D eigenvalue weighted by Gasteiger charge is -2.00. The standard InChI is InChI=1S/C8H13N3OS/c1-5(9)7-10-11-8(12-7)6-2-3-13-4-6/h5-6H,2-4,9H2,1H3. The van der Waals surface area contributed by atoms with Gasteiger partial charge in [-0.3, -0.25) is 0 Å². The van der Waals surface area contributed by atoms with E-state index >= 15 is 0 Å². The zero-order valence-corrected chi connectivity index (χ0v) is 8.38. The maximum atomic E-state index is 5.62. The van der Waals surface area contributed by atoms with E-state index in [1.54, 1.807) is 0 Å².